The van der Waals surface area contributed by atoms with Gasteiger partial charge in [-0.25, -0.2) is 8.78 Å². The van der Waals surface area contributed by atoms with E-state index in [0.717, 1.165) is 5.56 Å². The van der Waals surface area contributed by atoms with Crippen molar-refractivity contribution >= 4 is 11.6 Å². The van der Waals surface area contributed by atoms with Gasteiger partial charge in [0, 0.05) is 16.6 Å². The van der Waals surface area contributed by atoms with Gasteiger partial charge >= 0.3 is 0 Å². The highest BCUT2D eigenvalue weighted by Gasteiger charge is 2.14. The summed E-state index contributed by atoms with van der Waals surface area (Å²) in [5, 5.41) is 0.438. The molecule has 0 saturated carbocycles. The van der Waals surface area contributed by atoms with E-state index in [1.54, 1.807) is 19.1 Å². The van der Waals surface area contributed by atoms with Gasteiger partial charge in [-0.05, 0) is 48.7 Å². The van der Waals surface area contributed by atoms with Gasteiger partial charge in [0.05, 0.1) is 0 Å². The summed E-state index contributed by atoms with van der Waals surface area (Å²) < 4.78 is 27.4. The zero-order valence-corrected chi connectivity index (χ0v) is 11.2. The molecule has 4 heteroatoms. The van der Waals surface area contributed by atoms with E-state index >= 15 is 0 Å². The molecule has 0 spiro atoms. The van der Waals surface area contributed by atoms with Gasteiger partial charge < -0.3 is 5.73 Å². The third-order valence-electron chi connectivity index (χ3n) is 3.00. The van der Waals surface area contributed by atoms with E-state index in [2.05, 4.69) is 0 Å². The van der Waals surface area contributed by atoms with Crippen LogP contribution in [-0.4, -0.2) is 0 Å². The van der Waals surface area contributed by atoms with E-state index in [9.17, 15) is 8.78 Å². The zero-order chi connectivity index (χ0) is 14.0. The number of rotatable bonds is 3. The average Bonchev–Trinajstić information content (AvgIpc) is 2.33. The Bertz CT molecular complexity index is 599. The Hall–Kier alpha value is -1.45. The summed E-state index contributed by atoms with van der Waals surface area (Å²) in [6, 6.07) is 8.51. The fraction of sp³-hybridized carbons (Fsp3) is 0.200. The second-order valence-electron chi connectivity index (χ2n) is 4.57. The van der Waals surface area contributed by atoms with E-state index in [-0.39, 0.29) is 18.1 Å². The molecule has 0 aliphatic heterocycles. The molecule has 0 aromatic heterocycles. The van der Waals surface area contributed by atoms with Crippen LogP contribution in [0, 0.1) is 18.6 Å². The molecule has 0 fully saturated rings. The van der Waals surface area contributed by atoms with Crippen LogP contribution in [0.15, 0.2) is 36.4 Å². The van der Waals surface area contributed by atoms with Gasteiger partial charge in [0.1, 0.15) is 11.6 Å². The van der Waals surface area contributed by atoms with Crippen LogP contribution in [0.5, 0.6) is 0 Å². The highest BCUT2D eigenvalue weighted by molar-refractivity contribution is 6.30. The molecule has 1 atom stereocenters. The van der Waals surface area contributed by atoms with E-state index in [4.69, 9.17) is 17.3 Å². The molecule has 0 amide bonds. The van der Waals surface area contributed by atoms with E-state index in [1.807, 2.05) is 0 Å². The van der Waals surface area contributed by atoms with Crippen molar-refractivity contribution in [1.29, 1.82) is 0 Å². The predicted molar refractivity (Wildman–Crippen MR) is 73.2 cm³/mol. The zero-order valence-electron chi connectivity index (χ0n) is 10.5. The van der Waals surface area contributed by atoms with Crippen molar-refractivity contribution < 1.29 is 8.78 Å². The van der Waals surface area contributed by atoms with Gasteiger partial charge in [-0.1, -0.05) is 23.7 Å². The molecule has 0 saturated heterocycles. The first-order chi connectivity index (χ1) is 8.97. The lowest BCUT2D eigenvalue weighted by Gasteiger charge is -2.14. The van der Waals surface area contributed by atoms with Gasteiger partial charge in [-0.15, -0.1) is 0 Å². The molecule has 19 heavy (non-hydrogen) atoms. The van der Waals surface area contributed by atoms with Crippen molar-refractivity contribution in [1.82, 2.24) is 0 Å². The fourth-order valence-corrected chi connectivity index (χ4v) is 2.17. The highest BCUT2D eigenvalue weighted by Crippen LogP contribution is 2.23. The molecule has 2 aromatic carbocycles. The summed E-state index contributed by atoms with van der Waals surface area (Å²) in [4.78, 5) is 0. The maximum Gasteiger partial charge on any atom is 0.128 e. The lowest BCUT2D eigenvalue weighted by Crippen LogP contribution is -2.16. The number of aryl methyl sites for hydroxylation is 1. The smallest absolute Gasteiger partial charge is 0.128 e. The molecule has 0 aliphatic carbocycles. The third kappa shape index (κ3) is 3.31. The van der Waals surface area contributed by atoms with Gasteiger partial charge in [-0.3, -0.25) is 0 Å². The quantitative estimate of drug-likeness (QED) is 0.898. The van der Waals surface area contributed by atoms with Crippen LogP contribution < -0.4 is 5.73 Å². The maximum absolute atomic E-state index is 13.8. The van der Waals surface area contributed by atoms with Crippen molar-refractivity contribution in [3.8, 4) is 0 Å². The molecular weight excluding hydrogens is 268 g/mol. The van der Waals surface area contributed by atoms with Crippen molar-refractivity contribution in [3.63, 3.8) is 0 Å². The Morgan fingerprint density at radius 1 is 1.11 bits per heavy atom. The first-order valence-electron chi connectivity index (χ1n) is 5.93. The standard InChI is InChI=1S/C15H14ClF2N/c1-9-2-4-12(14(18)6-9)15(19)8-10-7-11(16)3-5-13(10)17/h2-7,15H,8,19H2,1H3. The van der Waals surface area contributed by atoms with Crippen molar-refractivity contribution in [2.75, 3.05) is 0 Å². The summed E-state index contributed by atoms with van der Waals surface area (Å²) in [6.45, 7) is 1.80. The van der Waals surface area contributed by atoms with Gasteiger partial charge in [0.2, 0.25) is 0 Å². The summed E-state index contributed by atoms with van der Waals surface area (Å²) in [6.07, 6.45) is 0.201. The van der Waals surface area contributed by atoms with Crippen LogP contribution in [-0.2, 0) is 6.42 Å². The topological polar surface area (TPSA) is 26.0 Å². The largest absolute Gasteiger partial charge is 0.324 e. The van der Waals surface area contributed by atoms with Gasteiger partial charge in [0.25, 0.3) is 0 Å². The Morgan fingerprint density at radius 3 is 2.53 bits per heavy atom. The highest BCUT2D eigenvalue weighted by atomic mass is 35.5. The maximum atomic E-state index is 13.8. The number of benzene rings is 2. The number of halogens is 3. The Labute approximate surface area is 116 Å². The summed E-state index contributed by atoms with van der Waals surface area (Å²) in [5.41, 5.74) is 7.54. The molecule has 0 heterocycles. The molecule has 2 rings (SSSR count). The Kier molecular flexibility index (Phi) is 4.17. The van der Waals surface area contributed by atoms with Crippen LogP contribution in [0.25, 0.3) is 0 Å². The van der Waals surface area contributed by atoms with Crippen LogP contribution >= 0.6 is 11.6 Å². The first kappa shape index (κ1) is 14.0. The van der Waals surface area contributed by atoms with E-state index in [1.165, 1.54) is 24.3 Å². The summed E-state index contributed by atoms with van der Waals surface area (Å²) in [5.74, 6) is -0.748. The average molecular weight is 282 g/mol. The van der Waals surface area contributed by atoms with Crippen molar-refractivity contribution in [2.24, 2.45) is 5.73 Å². The first-order valence-corrected chi connectivity index (χ1v) is 6.30. The summed E-state index contributed by atoms with van der Waals surface area (Å²) >= 11 is 5.82. The lowest BCUT2D eigenvalue weighted by molar-refractivity contribution is 0.563. The van der Waals surface area contributed by atoms with Crippen LogP contribution in [0.3, 0.4) is 0 Å². The number of hydrogen-bond acceptors (Lipinski definition) is 1. The van der Waals surface area contributed by atoms with Crippen molar-refractivity contribution in [3.05, 3.63) is 69.7 Å². The molecule has 2 N–H and O–H groups in total. The van der Waals surface area contributed by atoms with E-state index in [0.29, 0.717) is 16.1 Å². The fourth-order valence-electron chi connectivity index (χ4n) is 1.98. The lowest BCUT2D eigenvalue weighted by atomic mass is 9.98. The third-order valence-corrected chi connectivity index (χ3v) is 3.24. The molecule has 0 bridgehead atoms. The number of hydrogen-bond donors (Lipinski definition) is 1. The molecule has 100 valence electrons. The molecule has 0 aliphatic rings. The van der Waals surface area contributed by atoms with Gasteiger partial charge in [0.15, 0.2) is 0 Å². The minimum atomic E-state index is -0.603. The number of nitrogens with two attached hydrogens (primary N) is 1. The predicted octanol–water partition coefficient (Wildman–Crippen LogP) is 4.17. The van der Waals surface area contributed by atoms with Crippen LogP contribution in [0.2, 0.25) is 5.02 Å². The molecular formula is C15H14ClF2N. The Morgan fingerprint density at radius 2 is 1.84 bits per heavy atom. The summed E-state index contributed by atoms with van der Waals surface area (Å²) in [7, 11) is 0. The minimum Gasteiger partial charge on any atom is -0.324 e. The molecule has 1 nitrogen and oxygen atoms in total. The van der Waals surface area contributed by atoms with Crippen LogP contribution in [0.4, 0.5) is 8.78 Å². The molecule has 1 unspecified atom stereocenters. The molecule has 2 aromatic rings. The van der Waals surface area contributed by atoms with Gasteiger partial charge in [-0.2, -0.15) is 0 Å². The second-order valence-corrected chi connectivity index (χ2v) is 5.01. The minimum absolute atomic E-state index is 0.201. The normalized spacial score (nSPS) is 12.5. The van der Waals surface area contributed by atoms with Crippen molar-refractivity contribution in [2.45, 2.75) is 19.4 Å². The van der Waals surface area contributed by atoms with E-state index < -0.39 is 6.04 Å². The molecule has 0 radical (unpaired) electrons. The SMILES string of the molecule is Cc1ccc(C(N)Cc2cc(Cl)ccc2F)c(F)c1. The monoisotopic (exact) mass is 281 g/mol. The second kappa shape index (κ2) is 5.68. The Balaban J connectivity index is 2.25. The van der Waals surface area contributed by atoms with Crippen LogP contribution in [0.1, 0.15) is 22.7 Å².